The molecule has 5 nitrogen and oxygen atoms in total. The minimum absolute atomic E-state index is 0.0425. The molecule has 1 saturated heterocycles. The number of carbonyl (C=O) groups excluding carboxylic acids is 1. The van der Waals surface area contributed by atoms with Gasteiger partial charge in [0, 0.05) is 24.5 Å². The molecule has 0 spiro atoms. The number of benzene rings is 1. The average Bonchev–Trinajstić information content (AvgIpc) is 3.20. The Morgan fingerprint density at radius 2 is 2.00 bits per heavy atom. The molecule has 0 bridgehead atoms. The summed E-state index contributed by atoms with van der Waals surface area (Å²) >= 11 is 0. The highest BCUT2D eigenvalue weighted by Crippen LogP contribution is 2.35. The van der Waals surface area contributed by atoms with E-state index < -0.39 is 0 Å². The summed E-state index contributed by atoms with van der Waals surface area (Å²) in [7, 11) is 0. The maximum absolute atomic E-state index is 13.2. The van der Waals surface area contributed by atoms with Gasteiger partial charge in [0.1, 0.15) is 0 Å². The Hall–Kier alpha value is -2.95. The van der Waals surface area contributed by atoms with Crippen molar-refractivity contribution in [2.75, 3.05) is 6.54 Å². The molecule has 5 heteroatoms. The third-order valence-corrected chi connectivity index (χ3v) is 5.42. The Kier molecular flexibility index (Phi) is 5.01. The highest BCUT2D eigenvalue weighted by Gasteiger charge is 2.31. The fourth-order valence-electron chi connectivity index (χ4n) is 3.91. The zero-order valence-corrected chi connectivity index (χ0v) is 15.6. The van der Waals surface area contributed by atoms with E-state index in [0.29, 0.717) is 6.42 Å². The van der Waals surface area contributed by atoms with E-state index in [-0.39, 0.29) is 11.9 Å². The standard InChI is InChI=1S/C22H24N4O/c1-16-6-2-3-7-18(16)14-21(27)26-13-5-4-8-20(26)22-19(15-24-25-22)17-9-11-23-12-10-17/h2-3,6-7,9-12,15,20H,4-5,8,13-14H2,1H3,(H,24,25). The predicted molar refractivity (Wildman–Crippen MR) is 105 cm³/mol. The van der Waals surface area contributed by atoms with Crippen LogP contribution in [0.15, 0.2) is 55.0 Å². The third-order valence-electron chi connectivity index (χ3n) is 5.42. The van der Waals surface area contributed by atoms with Crippen LogP contribution >= 0.6 is 0 Å². The fourth-order valence-corrected chi connectivity index (χ4v) is 3.91. The predicted octanol–water partition coefficient (Wildman–Crippen LogP) is 4.08. The molecule has 1 aliphatic rings. The Balaban J connectivity index is 1.61. The van der Waals surface area contributed by atoms with Crippen molar-refractivity contribution >= 4 is 5.91 Å². The summed E-state index contributed by atoms with van der Waals surface area (Å²) < 4.78 is 0. The van der Waals surface area contributed by atoms with Gasteiger partial charge in [0.25, 0.3) is 0 Å². The Labute approximate surface area is 159 Å². The molecule has 0 aliphatic carbocycles. The number of nitrogens with one attached hydrogen (secondary N) is 1. The van der Waals surface area contributed by atoms with Crippen molar-refractivity contribution in [3.63, 3.8) is 0 Å². The van der Waals surface area contributed by atoms with Crippen molar-refractivity contribution < 1.29 is 4.79 Å². The van der Waals surface area contributed by atoms with Gasteiger partial charge in [0.2, 0.25) is 5.91 Å². The second kappa shape index (κ2) is 7.74. The average molecular weight is 360 g/mol. The lowest BCUT2D eigenvalue weighted by molar-refractivity contribution is -0.134. The molecule has 0 saturated carbocycles. The molecular weight excluding hydrogens is 336 g/mol. The molecular formula is C22H24N4O. The number of nitrogens with zero attached hydrogens (tertiary/aromatic N) is 3. The molecule has 27 heavy (non-hydrogen) atoms. The van der Waals surface area contributed by atoms with Gasteiger partial charge >= 0.3 is 0 Å². The minimum atomic E-state index is 0.0425. The first-order valence-corrected chi connectivity index (χ1v) is 9.51. The molecule has 4 rings (SSSR count). The highest BCUT2D eigenvalue weighted by atomic mass is 16.2. The summed E-state index contributed by atoms with van der Waals surface area (Å²) in [6, 6.07) is 12.1. The van der Waals surface area contributed by atoms with Gasteiger partial charge in [-0.1, -0.05) is 24.3 Å². The van der Waals surface area contributed by atoms with E-state index in [0.717, 1.165) is 48.2 Å². The van der Waals surface area contributed by atoms with Crippen molar-refractivity contribution in [1.82, 2.24) is 20.1 Å². The van der Waals surface area contributed by atoms with Crippen LogP contribution in [-0.4, -0.2) is 32.5 Å². The van der Waals surface area contributed by atoms with Crippen molar-refractivity contribution in [2.24, 2.45) is 0 Å². The van der Waals surface area contributed by atoms with Gasteiger partial charge in [-0.2, -0.15) is 5.10 Å². The van der Waals surface area contributed by atoms with E-state index in [2.05, 4.69) is 28.2 Å². The molecule has 3 aromatic rings. The summed E-state index contributed by atoms with van der Waals surface area (Å²) in [5.41, 5.74) is 5.42. The normalized spacial score (nSPS) is 17.1. The molecule has 1 N–H and O–H groups in total. The monoisotopic (exact) mass is 360 g/mol. The first kappa shape index (κ1) is 17.5. The van der Waals surface area contributed by atoms with Crippen LogP contribution in [0.1, 0.15) is 42.1 Å². The number of hydrogen-bond donors (Lipinski definition) is 1. The van der Waals surface area contributed by atoms with Crippen molar-refractivity contribution in [3.05, 3.63) is 71.8 Å². The first-order chi connectivity index (χ1) is 13.2. The molecule has 3 heterocycles. The number of carbonyl (C=O) groups is 1. The quantitative estimate of drug-likeness (QED) is 0.763. The topological polar surface area (TPSA) is 61.9 Å². The lowest BCUT2D eigenvalue weighted by Gasteiger charge is -2.36. The Morgan fingerprint density at radius 1 is 1.19 bits per heavy atom. The van der Waals surface area contributed by atoms with Gasteiger partial charge in [-0.05, 0) is 55.0 Å². The molecule has 1 fully saturated rings. The van der Waals surface area contributed by atoms with Gasteiger partial charge in [-0.25, -0.2) is 0 Å². The zero-order valence-electron chi connectivity index (χ0n) is 15.6. The van der Waals surface area contributed by atoms with Crippen LogP contribution in [0.3, 0.4) is 0 Å². The maximum atomic E-state index is 13.2. The Morgan fingerprint density at radius 3 is 2.81 bits per heavy atom. The Bertz CT molecular complexity index is 919. The number of H-pyrrole nitrogens is 1. The van der Waals surface area contributed by atoms with Crippen LogP contribution in [0.4, 0.5) is 0 Å². The molecule has 0 radical (unpaired) electrons. The lowest BCUT2D eigenvalue weighted by Crippen LogP contribution is -2.39. The number of aryl methyl sites for hydroxylation is 1. The number of amides is 1. The van der Waals surface area contributed by atoms with E-state index >= 15 is 0 Å². The van der Waals surface area contributed by atoms with E-state index in [4.69, 9.17) is 0 Å². The van der Waals surface area contributed by atoms with Crippen LogP contribution in [0.5, 0.6) is 0 Å². The third kappa shape index (κ3) is 3.63. The number of hydrogen-bond acceptors (Lipinski definition) is 3. The van der Waals surface area contributed by atoms with Crippen LogP contribution < -0.4 is 0 Å². The van der Waals surface area contributed by atoms with E-state index in [1.54, 1.807) is 12.4 Å². The zero-order chi connectivity index (χ0) is 18.6. The largest absolute Gasteiger partial charge is 0.334 e. The highest BCUT2D eigenvalue weighted by molar-refractivity contribution is 5.80. The van der Waals surface area contributed by atoms with Crippen LogP contribution in [0, 0.1) is 6.92 Å². The van der Waals surface area contributed by atoms with E-state index in [1.165, 1.54) is 5.56 Å². The van der Waals surface area contributed by atoms with Crippen LogP contribution in [0.2, 0.25) is 0 Å². The van der Waals surface area contributed by atoms with Gasteiger partial charge in [-0.3, -0.25) is 14.9 Å². The summed E-state index contributed by atoms with van der Waals surface area (Å²) in [5.74, 6) is 0.185. The molecule has 1 amide bonds. The number of pyridine rings is 1. The summed E-state index contributed by atoms with van der Waals surface area (Å²) in [5, 5.41) is 7.45. The second-order valence-electron chi connectivity index (χ2n) is 7.14. The van der Waals surface area contributed by atoms with Crippen molar-refractivity contribution in [2.45, 2.75) is 38.6 Å². The summed E-state index contributed by atoms with van der Waals surface area (Å²) in [6.45, 7) is 2.86. The van der Waals surface area contributed by atoms with Crippen molar-refractivity contribution in [3.8, 4) is 11.1 Å². The van der Waals surface area contributed by atoms with Crippen molar-refractivity contribution in [1.29, 1.82) is 0 Å². The van der Waals surface area contributed by atoms with E-state index in [9.17, 15) is 4.79 Å². The molecule has 2 aromatic heterocycles. The number of rotatable bonds is 4. The van der Waals surface area contributed by atoms with Gasteiger partial charge in [0.05, 0.1) is 24.4 Å². The molecule has 138 valence electrons. The minimum Gasteiger partial charge on any atom is -0.334 e. The fraction of sp³-hybridized carbons (Fsp3) is 0.318. The number of piperidine rings is 1. The molecule has 1 unspecified atom stereocenters. The number of aromatic amines is 1. The summed E-state index contributed by atoms with van der Waals surface area (Å²) in [6.07, 6.45) is 9.00. The number of aromatic nitrogens is 3. The van der Waals surface area contributed by atoms with Gasteiger partial charge in [-0.15, -0.1) is 0 Å². The SMILES string of the molecule is Cc1ccccc1CC(=O)N1CCCCC1c1[nH]ncc1-c1ccncc1. The number of likely N-dealkylation sites (tertiary alicyclic amines) is 1. The molecule has 1 atom stereocenters. The van der Waals surface area contributed by atoms with Crippen LogP contribution in [-0.2, 0) is 11.2 Å². The van der Waals surface area contributed by atoms with Gasteiger partial charge in [0.15, 0.2) is 0 Å². The van der Waals surface area contributed by atoms with Crippen LogP contribution in [0.25, 0.3) is 11.1 Å². The van der Waals surface area contributed by atoms with Gasteiger partial charge < -0.3 is 4.90 Å². The maximum Gasteiger partial charge on any atom is 0.227 e. The first-order valence-electron chi connectivity index (χ1n) is 9.51. The second-order valence-corrected chi connectivity index (χ2v) is 7.14. The van der Waals surface area contributed by atoms with E-state index in [1.807, 2.05) is 41.4 Å². The lowest BCUT2D eigenvalue weighted by atomic mass is 9.94. The molecule has 1 aromatic carbocycles. The molecule has 1 aliphatic heterocycles. The summed E-state index contributed by atoms with van der Waals surface area (Å²) in [4.78, 5) is 19.3. The smallest absolute Gasteiger partial charge is 0.227 e.